The minimum absolute atomic E-state index is 0.255. The number of aryl methyl sites for hydroxylation is 2. The van der Waals surface area contributed by atoms with Gasteiger partial charge in [0.2, 0.25) is 0 Å². The minimum Gasteiger partial charge on any atom is -0.368 e. The predicted octanol–water partition coefficient (Wildman–Crippen LogP) is 0.900. The quantitative estimate of drug-likeness (QED) is 0.776. The third-order valence-corrected chi connectivity index (χ3v) is 3.34. The van der Waals surface area contributed by atoms with E-state index in [0.717, 1.165) is 36.7 Å². The fourth-order valence-electron chi connectivity index (χ4n) is 2.28. The van der Waals surface area contributed by atoms with E-state index < -0.39 is 0 Å². The molecule has 0 aromatic carbocycles. The zero-order chi connectivity index (χ0) is 14.8. The van der Waals surface area contributed by atoms with Gasteiger partial charge in [-0.3, -0.25) is 4.79 Å². The summed E-state index contributed by atoms with van der Waals surface area (Å²) in [6.45, 7) is 3.79. The van der Waals surface area contributed by atoms with Crippen LogP contribution in [0.5, 0.6) is 0 Å². The molecule has 8 heteroatoms. The van der Waals surface area contributed by atoms with Gasteiger partial charge < -0.3 is 16.0 Å². The highest BCUT2D eigenvalue weighted by molar-refractivity contribution is 5.92. The summed E-state index contributed by atoms with van der Waals surface area (Å²) < 4.78 is 1.95. The second-order valence-electron chi connectivity index (χ2n) is 4.82. The van der Waals surface area contributed by atoms with E-state index in [1.54, 1.807) is 19.2 Å². The van der Waals surface area contributed by atoms with Crippen molar-refractivity contribution in [3.8, 4) is 0 Å². The van der Waals surface area contributed by atoms with Crippen molar-refractivity contribution < 1.29 is 4.79 Å². The Kier molecular flexibility index (Phi) is 3.43. The molecule has 3 N–H and O–H groups in total. The Morgan fingerprint density at radius 2 is 2.24 bits per heavy atom. The molecule has 1 aliphatic heterocycles. The van der Waals surface area contributed by atoms with Crippen molar-refractivity contribution in [3.63, 3.8) is 0 Å². The van der Waals surface area contributed by atoms with Crippen LogP contribution in [0.4, 0.5) is 17.3 Å². The molecule has 8 nitrogen and oxygen atoms in total. The van der Waals surface area contributed by atoms with Crippen LogP contribution < -0.4 is 16.0 Å². The van der Waals surface area contributed by atoms with E-state index in [4.69, 9.17) is 0 Å². The zero-order valence-electron chi connectivity index (χ0n) is 12.0. The summed E-state index contributed by atoms with van der Waals surface area (Å²) in [5.41, 5.74) is 2.09. The number of carbonyl (C=O) groups excluding carboxylic acids is 1. The van der Waals surface area contributed by atoms with Crippen LogP contribution in [0.1, 0.15) is 22.6 Å². The van der Waals surface area contributed by atoms with Gasteiger partial charge >= 0.3 is 0 Å². The van der Waals surface area contributed by atoms with Crippen LogP contribution in [0.2, 0.25) is 0 Å². The summed E-state index contributed by atoms with van der Waals surface area (Å²) >= 11 is 0. The normalized spacial score (nSPS) is 13.2. The van der Waals surface area contributed by atoms with Gasteiger partial charge in [0.15, 0.2) is 11.5 Å². The lowest BCUT2D eigenvalue weighted by Crippen LogP contribution is -2.20. The first-order valence-electron chi connectivity index (χ1n) is 6.83. The van der Waals surface area contributed by atoms with Crippen molar-refractivity contribution in [1.29, 1.82) is 0 Å². The summed E-state index contributed by atoms with van der Waals surface area (Å²) in [6.07, 6.45) is 1.06. The maximum Gasteiger partial charge on any atom is 0.271 e. The molecule has 0 fully saturated rings. The maximum absolute atomic E-state index is 11.4. The van der Waals surface area contributed by atoms with Crippen molar-refractivity contribution in [2.75, 3.05) is 24.2 Å². The molecule has 0 spiro atoms. The third-order valence-electron chi connectivity index (χ3n) is 3.34. The largest absolute Gasteiger partial charge is 0.368 e. The highest BCUT2D eigenvalue weighted by Crippen LogP contribution is 2.30. The molecule has 0 saturated carbocycles. The summed E-state index contributed by atoms with van der Waals surface area (Å²) in [6, 6.07) is 3.36. The van der Waals surface area contributed by atoms with Gasteiger partial charge in [-0.15, -0.1) is 10.2 Å². The van der Waals surface area contributed by atoms with E-state index in [1.165, 1.54) is 0 Å². The molecule has 1 aliphatic rings. The predicted molar refractivity (Wildman–Crippen MR) is 78.8 cm³/mol. The van der Waals surface area contributed by atoms with Crippen LogP contribution in [-0.4, -0.2) is 39.5 Å². The standard InChI is InChI=1S/C13H17N7O/c1-8-11(12-15-6-3-7-20(12)19-8)16-10-5-4-9(17-18-10)13(21)14-2/h4-5,15H,3,6-7H2,1-2H3,(H,14,21)(H,16,18). The molecule has 0 radical (unpaired) electrons. The number of nitrogens with one attached hydrogen (secondary N) is 3. The molecule has 0 aliphatic carbocycles. The molecule has 2 aromatic rings. The Balaban J connectivity index is 1.84. The Labute approximate surface area is 121 Å². The Morgan fingerprint density at radius 1 is 1.38 bits per heavy atom. The highest BCUT2D eigenvalue weighted by Gasteiger charge is 2.18. The van der Waals surface area contributed by atoms with Crippen molar-refractivity contribution in [1.82, 2.24) is 25.3 Å². The van der Waals surface area contributed by atoms with Gasteiger partial charge in [-0.05, 0) is 25.5 Å². The number of amides is 1. The van der Waals surface area contributed by atoms with Crippen LogP contribution in [0.25, 0.3) is 0 Å². The Hall–Kier alpha value is -2.64. The van der Waals surface area contributed by atoms with E-state index in [-0.39, 0.29) is 11.6 Å². The lowest BCUT2D eigenvalue weighted by atomic mass is 10.3. The van der Waals surface area contributed by atoms with Gasteiger partial charge in [0, 0.05) is 20.1 Å². The fourth-order valence-corrected chi connectivity index (χ4v) is 2.28. The first kappa shape index (κ1) is 13.3. The summed E-state index contributed by atoms with van der Waals surface area (Å²) in [4.78, 5) is 11.4. The lowest BCUT2D eigenvalue weighted by molar-refractivity contribution is 0.0957. The van der Waals surface area contributed by atoms with Gasteiger partial charge in [-0.25, -0.2) is 4.68 Å². The molecule has 0 bridgehead atoms. The number of fused-ring (bicyclic) bond motifs is 1. The van der Waals surface area contributed by atoms with Crippen molar-refractivity contribution in [3.05, 3.63) is 23.5 Å². The summed E-state index contributed by atoms with van der Waals surface area (Å²) in [5.74, 6) is 1.29. The number of hydrogen-bond acceptors (Lipinski definition) is 6. The van der Waals surface area contributed by atoms with E-state index in [2.05, 4.69) is 31.2 Å². The van der Waals surface area contributed by atoms with Gasteiger partial charge in [0.05, 0.1) is 5.69 Å². The molecular formula is C13H17N7O. The Bertz CT molecular complexity index is 662. The molecule has 3 rings (SSSR count). The van der Waals surface area contributed by atoms with Gasteiger partial charge in [-0.1, -0.05) is 0 Å². The number of nitrogens with zero attached hydrogens (tertiary/aromatic N) is 4. The number of anilines is 3. The topological polar surface area (TPSA) is 96.8 Å². The molecule has 110 valence electrons. The fraction of sp³-hybridized carbons (Fsp3) is 0.385. The van der Waals surface area contributed by atoms with Gasteiger partial charge in [0.25, 0.3) is 5.91 Å². The first-order valence-corrected chi connectivity index (χ1v) is 6.83. The zero-order valence-corrected chi connectivity index (χ0v) is 12.0. The van der Waals surface area contributed by atoms with Crippen molar-refractivity contribution in [2.45, 2.75) is 19.9 Å². The SMILES string of the molecule is CNC(=O)c1ccc(Nc2c(C)nn3c2NCCC3)nn1. The molecule has 21 heavy (non-hydrogen) atoms. The van der Waals surface area contributed by atoms with Crippen molar-refractivity contribution >= 4 is 23.2 Å². The van der Waals surface area contributed by atoms with Crippen LogP contribution in [-0.2, 0) is 6.54 Å². The van der Waals surface area contributed by atoms with Crippen molar-refractivity contribution in [2.24, 2.45) is 0 Å². The second-order valence-corrected chi connectivity index (χ2v) is 4.82. The minimum atomic E-state index is -0.255. The second kappa shape index (κ2) is 5.39. The van der Waals surface area contributed by atoms with Gasteiger partial charge in [-0.2, -0.15) is 5.10 Å². The van der Waals surface area contributed by atoms with Crippen LogP contribution >= 0.6 is 0 Å². The summed E-state index contributed by atoms with van der Waals surface area (Å²) in [7, 11) is 1.56. The Morgan fingerprint density at radius 3 is 2.95 bits per heavy atom. The van der Waals surface area contributed by atoms with Crippen LogP contribution in [0, 0.1) is 6.92 Å². The molecule has 3 heterocycles. The highest BCUT2D eigenvalue weighted by atomic mass is 16.1. The molecule has 0 saturated heterocycles. The van der Waals surface area contributed by atoms with E-state index in [9.17, 15) is 4.79 Å². The molecular weight excluding hydrogens is 270 g/mol. The smallest absolute Gasteiger partial charge is 0.271 e. The molecule has 0 unspecified atom stereocenters. The van der Waals surface area contributed by atoms with Crippen LogP contribution in [0.3, 0.4) is 0 Å². The van der Waals surface area contributed by atoms with E-state index >= 15 is 0 Å². The monoisotopic (exact) mass is 287 g/mol. The molecule has 1 amide bonds. The average Bonchev–Trinajstić information content (AvgIpc) is 2.83. The first-order chi connectivity index (χ1) is 10.2. The molecule has 0 atom stereocenters. The number of aromatic nitrogens is 4. The summed E-state index contributed by atoms with van der Waals surface area (Å²) in [5, 5.41) is 21.5. The van der Waals surface area contributed by atoms with E-state index in [0.29, 0.717) is 5.82 Å². The van der Waals surface area contributed by atoms with Crippen LogP contribution in [0.15, 0.2) is 12.1 Å². The number of rotatable bonds is 3. The lowest BCUT2D eigenvalue weighted by Gasteiger charge is -2.17. The number of hydrogen-bond donors (Lipinski definition) is 3. The van der Waals surface area contributed by atoms with E-state index in [1.807, 2.05) is 11.6 Å². The molecule has 2 aromatic heterocycles. The number of carbonyl (C=O) groups is 1. The van der Waals surface area contributed by atoms with Gasteiger partial charge in [0.1, 0.15) is 11.5 Å². The average molecular weight is 287 g/mol. The third kappa shape index (κ3) is 2.51. The maximum atomic E-state index is 11.4.